The molecule has 2 aliphatic heterocycles. The fourth-order valence-electron chi connectivity index (χ4n) is 3.43. The van der Waals surface area contributed by atoms with Crippen molar-refractivity contribution in [2.24, 2.45) is 0 Å². The quantitative estimate of drug-likeness (QED) is 0.817. The fourth-order valence-corrected chi connectivity index (χ4v) is 3.43. The number of carbonyl (C=O) groups is 2. The molecule has 0 N–H and O–H groups in total. The number of rotatable bonds is 2. The third-order valence-corrected chi connectivity index (χ3v) is 4.68. The van der Waals surface area contributed by atoms with Crippen molar-refractivity contribution in [2.45, 2.75) is 25.5 Å². The van der Waals surface area contributed by atoms with Crippen LogP contribution in [0.4, 0.5) is 4.39 Å². The number of morpholine rings is 1. The van der Waals surface area contributed by atoms with Crippen molar-refractivity contribution in [3.05, 3.63) is 29.6 Å². The molecule has 0 aliphatic carbocycles. The first-order valence-electron chi connectivity index (χ1n) is 8.03. The van der Waals surface area contributed by atoms with Gasteiger partial charge in [-0.25, -0.2) is 4.39 Å². The van der Waals surface area contributed by atoms with Gasteiger partial charge in [0.25, 0.3) is 5.91 Å². The van der Waals surface area contributed by atoms with Gasteiger partial charge >= 0.3 is 0 Å². The number of methoxy groups -OCH3 is 1. The van der Waals surface area contributed by atoms with Crippen molar-refractivity contribution in [2.75, 3.05) is 33.4 Å². The molecule has 24 heavy (non-hydrogen) atoms. The van der Waals surface area contributed by atoms with Crippen molar-refractivity contribution < 1.29 is 23.5 Å². The molecule has 0 radical (unpaired) electrons. The van der Waals surface area contributed by atoms with Gasteiger partial charge in [-0.05, 0) is 24.6 Å². The molecule has 2 aliphatic rings. The van der Waals surface area contributed by atoms with E-state index < -0.39 is 5.82 Å². The zero-order valence-electron chi connectivity index (χ0n) is 13.8. The molecule has 2 amide bonds. The second-order valence-corrected chi connectivity index (χ2v) is 6.08. The van der Waals surface area contributed by atoms with Crippen molar-refractivity contribution in [3.8, 4) is 5.75 Å². The molecule has 7 heteroatoms. The van der Waals surface area contributed by atoms with Crippen molar-refractivity contribution in [3.63, 3.8) is 0 Å². The van der Waals surface area contributed by atoms with Crippen LogP contribution in [0, 0.1) is 5.82 Å². The number of piperidine rings is 1. The van der Waals surface area contributed by atoms with Crippen LogP contribution in [0.3, 0.4) is 0 Å². The van der Waals surface area contributed by atoms with Gasteiger partial charge in [0.05, 0.1) is 25.9 Å². The van der Waals surface area contributed by atoms with Gasteiger partial charge in [0.15, 0.2) is 11.6 Å². The predicted octanol–water partition coefficient (Wildman–Crippen LogP) is 1.30. The summed E-state index contributed by atoms with van der Waals surface area (Å²) in [4.78, 5) is 27.9. The Labute approximate surface area is 140 Å². The van der Waals surface area contributed by atoms with Crippen LogP contribution in [-0.2, 0) is 9.53 Å². The van der Waals surface area contributed by atoms with E-state index in [9.17, 15) is 14.0 Å². The SMILES string of the molecule is COc1ccc(C(=O)N2CCC3OCCN(C(C)=O)C3C2)cc1F. The van der Waals surface area contributed by atoms with Crippen LogP contribution in [0.25, 0.3) is 0 Å². The topological polar surface area (TPSA) is 59.1 Å². The number of hydrogen-bond donors (Lipinski definition) is 0. The molecule has 1 aromatic carbocycles. The molecule has 2 saturated heterocycles. The van der Waals surface area contributed by atoms with Crippen molar-refractivity contribution in [1.29, 1.82) is 0 Å². The van der Waals surface area contributed by atoms with E-state index in [0.29, 0.717) is 32.7 Å². The smallest absolute Gasteiger partial charge is 0.254 e. The summed E-state index contributed by atoms with van der Waals surface area (Å²) >= 11 is 0. The minimum atomic E-state index is -0.565. The highest BCUT2D eigenvalue weighted by molar-refractivity contribution is 5.94. The molecule has 0 bridgehead atoms. The molecule has 0 aromatic heterocycles. The standard InChI is InChI=1S/C17H21FN2O4/c1-11(21)20-7-8-24-16-5-6-19(10-14(16)20)17(22)12-3-4-15(23-2)13(18)9-12/h3-4,9,14,16H,5-8,10H2,1-2H3. The van der Waals surface area contributed by atoms with Gasteiger partial charge in [0.2, 0.25) is 5.91 Å². The number of nitrogens with zero attached hydrogens (tertiary/aromatic N) is 2. The van der Waals surface area contributed by atoms with Crippen LogP contribution in [0.2, 0.25) is 0 Å². The molecule has 6 nitrogen and oxygen atoms in total. The second kappa shape index (κ2) is 6.76. The van der Waals surface area contributed by atoms with Crippen LogP contribution >= 0.6 is 0 Å². The minimum Gasteiger partial charge on any atom is -0.494 e. The average molecular weight is 336 g/mol. The number of carbonyl (C=O) groups excluding carboxylic acids is 2. The summed E-state index contributed by atoms with van der Waals surface area (Å²) in [5, 5.41) is 0. The van der Waals surface area contributed by atoms with Crippen LogP contribution in [0.15, 0.2) is 18.2 Å². The highest BCUT2D eigenvalue weighted by Crippen LogP contribution is 2.25. The molecule has 2 atom stereocenters. The highest BCUT2D eigenvalue weighted by atomic mass is 19.1. The zero-order valence-corrected chi connectivity index (χ0v) is 13.8. The van der Waals surface area contributed by atoms with Crippen molar-refractivity contribution in [1.82, 2.24) is 9.80 Å². The molecular formula is C17H21FN2O4. The van der Waals surface area contributed by atoms with Gasteiger partial charge in [0, 0.05) is 32.1 Å². The van der Waals surface area contributed by atoms with E-state index in [4.69, 9.17) is 9.47 Å². The second-order valence-electron chi connectivity index (χ2n) is 6.08. The average Bonchev–Trinajstić information content (AvgIpc) is 2.59. The molecule has 130 valence electrons. The molecule has 2 fully saturated rings. The number of benzene rings is 1. The van der Waals surface area contributed by atoms with E-state index in [1.54, 1.807) is 15.9 Å². The lowest BCUT2D eigenvalue weighted by Gasteiger charge is -2.46. The number of fused-ring (bicyclic) bond motifs is 1. The summed E-state index contributed by atoms with van der Waals surface area (Å²) < 4.78 is 24.5. The summed E-state index contributed by atoms with van der Waals surface area (Å²) in [6, 6.07) is 4.04. The molecular weight excluding hydrogens is 315 g/mol. The maximum atomic E-state index is 13.8. The number of amides is 2. The minimum absolute atomic E-state index is 0.0157. The first-order chi connectivity index (χ1) is 11.5. The number of hydrogen-bond acceptors (Lipinski definition) is 4. The number of halogens is 1. The molecule has 0 spiro atoms. The lowest BCUT2D eigenvalue weighted by Crippen LogP contribution is -2.61. The van der Waals surface area contributed by atoms with E-state index >= 15 is 0 Å². The van der Waals surface area contributed by atoms with E-state index in [0.717, 1.165) is 0 Å². The Hall–Kier alpha value is -2.15. The van der Waals surface area contributed by atoms with Crippen LogP contribution in [0.1, 0.15) is 23.7 Å². The van der Waals surface area contributed by atoms with Crippen LogP contribution < -0.4 is 4.74 Å². The van der Waals surface area contributed by atoms with Gasteiger partial charge in [-0.2, -0.15) is 0 Å². The summed E-state index contributed by atoms with van der Waals surface area (Å²) in [5.41, 5.74) is 0.276. The Kier molecular flexibility index (Phi) is 4.71. The largest absolute Gasteiger partial charge is 0.494 e. The zero-order chi connectivity index (χ0) is 17.3. The van der Waals surface area contributed by atoms with Crippen LogP contribution in [-0.4, -0.2) is 67.1 Å². The number of likely N-dealkylation sites (tertiary alicyclic amines) is 1. The highest BCUT2D eigenvalue weighted by Gasteiger charge is 2.39. The monoisotopic (exact) mass is 336 g/mol. The molecule has 3 rings (SSSR count). The Balaban J connectivity index is 1.76. The van der Waals surface area contributed by atoms with Gasteiger partial charge in [0.1, 0.15) is 0 Å². The van der Waals surface area contributed by atoms with E-state index in [2.05, 4.69) is 0 Å². The van der Waals surface area contributed by atoms with E-state index in [1.165, 1.54) is 26.2 Å². The number of ether oxygens (including phenoxy) is 2. The van der Waals surface area contributed by atoms with Crippen LogP contribution in [0.5, 0.6) is 5.75 Å². The van der Waals surface area contributed by atoms with Gasteiger partial charge in [-0.15, -0.1) is 0 Å². The summed E-state index contributed by atoms with van der Waals surface area (Å²) in [6.45, 7) is 3.52. The van der Waals surface area contributed by atoms with Gasteiger partial charge < -0.3 is 19.3 Å². The summed E-state index contributed by atoms with van der Waals surface area (Å²) in [7, 11) is 1.38. The van der Waals surface area contributed by atoms with Crippen molar-refractivity contribution >= 4 is 11.8 Å². The predicted molar refractivity (Wildman–Crippen MR) is 84.4 cm³/mol. The summed E-state index contributed by atoms with van der Waals surface area (Å²) in [6.07, 6.45) is 0.623. The maximum Gasteiger partial charge on any atom is 0.254 e. The molecule has 0 saturated carbocycles. The maximum absolute atomic E-state index is 13.8. The molecule has 1 aromatic rings. The Morgan fingerprint density at radius 1 is 1.33 bits per heavy atom. The lowest BCUT2D eigenvalue weighted by atomic mass is 9.98. The van der Waals surface area contributed by atoms with E-state index in [-0.39, 0.29) is 35.3 Å². The molecule has 2 unspecified atom stereocenters. The normalized spacial score (nSPS) is 23.6. The molecule has 2 heterocycles. The first-order valence-corrected chi connectivity index (χ1v) is 8.03. The Morgan fingerprint density at radius 3 is 2.79 bits per heavy atom. The van der Waals surface area contributed by atoms with Gasteiger partial charge in [-0.3, -0.25) is 9.59 Å². The Bertz CT molecular complexity index is 651. The summed E-state index contributed by atoms with van der Waals surface area (Å²) in [5.74, 6) is -0.722. The first kappa shape index (κ1) is 16.7. The Morgan fingerprint density at radius 2 is 2.12 bits per heavy atom. The third kappa shape index (κ3) is 3.08. The fraction of sp³-hybridized carbons (Fsp3) is 0.529. The van der Waals surface area contributed by atoms with E-state index in [1.807, 2.05) is 0 Å². The van der Waals surface area contributed by atoms with Gasteiger partial charge in [-0.1, -0.05) is 0 Å². The lowest BCUT2D eigenvalue weighted by molar-refractivity contribution is -0.149. The third-order valence-electron chi connectivity index (χ3n) is 4.68.